The van der Waals surface area contributed by atoms with Crippen LogP contribution < -0.4 is 4.90 Å². The Morgan fingerprint density at radius 1 is 1.25 bits per heavy atom. The van der Waals surface area contributed by atoms with Crippen molar-refractivity contribution in [2.75, 3.05) is 31.1 Å². The summed E-state index contributed by atoms with van der Waals surface area (Å²) < 4.78 is 0. The fraction of sp³-hybridized carbons (Fsp3) is 0.600. The molecule has 0 bridgehead atoms. The van der Waals surface area contributed by atoms with E-state index in [9.17, 15) is 4.79 Å². The average molecular weight is 327 g/mol. The first-order valence-corrected chi connectivity index (χ1v) is 9.17. The number of carbonyl (C=O) groups is 1. The fourth-order valence-corrected chi connectivity index (χ4v) is 3.89. The van der Waals surface area contributed by atoms with E-state index in [1.807, 2.05) is 19.2 Å². The monoisotopic (exact) mass is 327 g/mol. The maximum absolute atomic E-state index is 12.3. The number of rotatable bonds is 3. The van der Waals surface area contributed by atoms with Crippen LogP contribution in [-0.2, 0) is 4.79 Å². The molecule has 0 N–H and O–H groups in total. The summed E-state index contributed by atoms with van der Waals surface area (Å²) in [6.45, 7) is 10.3. The van der Waals surface area contributed by atoms with E-state index >= 15 is 0 Å². The summed E-state index contributed by atoms with van der Waals surface area (Å²) in [6.07, 6.45) is 8.01. The van der Waals surface area contributed by atoms with Crippen LogP contribution >= 0.6 is 0 Å². The van der Waals surface area contributed by atoms with Crippen molar-refractivity contribution in [2.24, 2.45) is 17.8 Å². The zero-order valence-corrected chi connectivity index (χ0v) is 15.1. The van der Waals surface area contributed by atoms with Crippen LogP contribution in [0.1, 0.15) is 32.4 Å². The Morgan fingerprint density at radius 2 is 1.92 bits per heavy atom. The molecule has 2 fully saturated rings. The zero-order valence-electron chi connectivity index (χ0n) is 15.1. The number of likely N-dealkylation sites (tertiary alicyclic amines) is 1. The topological polar surface area (TPSA) is 36.4 Å². The van der Waals surface area contributed by atoms with Crippen molar-refractivity contribution in [3.05, 3.63) is 36.2 Å². The Labute approximate surface area is 145 Å². The highest BCUT2D eigenvalue weighted by Gasteiger charge is 2.36. The minimum Gasteiger partial charge on any atom is -0.371 e. The summed E-state index contributed by atoms with van der Waals surface area (Å²) in [6, 6.07) is 4.29. The van der Waals surface area contributed by atoms with Crippen LogP contribution in [0.25, 0.3) is 0 Å². The summed E-state index contributed by atoms with van der Waals surface area (Å²) in [7, 11) is 0. The summed E-state index contributed by atoms with van der Waals surface area (Å²) >= 11 is 0. The lowest BCUT2D eigenvalue weighted by atomic mass is 9.92. The molecule has 4 nitrogen and oxygen atoms in total. The van der Waals surface area contributed by atoms with Gasteiger partial charge in [-0.1, -0.05) is 19.9 Å². The van der Waals surface area contributed by atoms with Crippen LogP contribution in [0, 0.1) is 24.7 Å². The third-order valence-corrected chi connectivity index (χ3v) is 5.30. The largest absolute Gasteiger partial charge is 0.371 e. The molecule has 1 aromatic heterocycles. The van der Waals surface area contributed by atoms with Crippen LogP contribution in [0.4, 0.5) is 5.69 Å². The van der Waals surface area contributed by atoms with Crippen LogP contribution in [0.5, 0.6) is 0 Å². The van der Waals surface area contributed by atoms with Gasteiger partial charge in [0.25, 0.3) is 0 Å². The van der Waals surface area contributed by atoms with Gasteiger partial charge in [0.15, 0.2) is 0 Å². The fourth-order valence-electron chi connectivity index (χ4n) is 3.89. The van der Waals surface area contributed by atoms with E-state index in [4.69, 9.17) is 0 Å². The molecular weight excluding hydrogens is 298 g/mol. The minimum absolute atomic E-state index is 0.193. The molecule has 0 aromatic carbocycles. The molecule has 3 heterocycles. The first-order chi connectivity index (χ1) is 11.5. The molecule has 3 rings (SSSR count). The number of fused-ring (bicyclic) bond motifs is 1. The molecule has 2 saturated heterocycles. The van der Waals surface area contributed by atoms with Crippen molar-refractivity contribution in [3.8, 4) is 0 Å². The molecule has 130 valence electrons. The number of aryl methyl sites for hydroxylation is 1. The molecule has 1 amide bonds. The maximum Gasteiger partial charge on any atom is 0.246 e. The molecule has 1 aromatic rings. The summed E-state index contributed by atoms with van der Waals surface area (Å²) in [5.41, 5.74) is 2.36. The molecule has 0 spiro atoms. The summed E-state index contributed by atoms with van der Waals surface area (Å²) in [5, 5.41) is 0. The first-order valence-electron chi connectivity index (χ1n) is 9.17. The second-order valence-corrected chi connectivity index (χ2v) is 7.59. The number of allylic oxidation sites excluding steroid dienone is 1. The Balaban J connectivity index is 1.59. The average Bonchev–Trinajstić information content (AvgIpc) is 2.86. The van der Waals surface area contributed by atoms with Gasteiger partial charge in [0.2, 0.25) is 5.91 Å². The van der Waals surface area contributed by atoms with E-state index in [2.05, 4.69) is 40.8 Å². The van der Waals surface area contributed by atoms with Gasteiger partial charge in [-0.05, 0) is 55.7 Å². The van der Waals surface area contributed by atoms with Gasteiger partial charge < -0.3 is 9.80 Å². The third kappa shape index (κ3) is 3.97. The van der Waals surface area contributed by atoms with Crippen molar-refractivity contribution in [3.63, 3.8) is 0 Å². The highest BCUT2D eigenvalue weighted by atomic mass is 16.2. The van der Waals surface area contributed by atoms with Crippen LogP contribution in [0.3, 0.4) is 0 Å². The highest BCUT2D eigenvalue weighted by Crippen LogP contribution is 2.33. The Bertz CT molecular complexity index is 595. The zero-order chi connectivity index (χ0) is 17.1. The second-order valence-electron chi connectivity index (χ2n) is 7.59. The molecule has 0 saturated carbocycles. The third-order valence-electron chi connectivity index (χ3n) is 5.30. The Kier molecular flexibility index (Phi) is 5.22. The predicted molar refractivity (Wildman–Crippen MR) is 98.0 cm³/mol. The van der Waals surface area contributed by atoms with Crippen molar-refractivity contribution < 1.29 is 4.79 Å². The van der Waals surface area contributed by atoms with Gasteiger partial charge in [-0.25, -0.2) is 0 Å². The first kappa shape index (κ1) is 17.0. The number of anilines is 1. The standard InChI is InChI=1S/C20H29N3O/c1-15(2)4-5-20(24)23-13-17-7-10-22(11-8-18(17)14-23)19-6-9-21-16(3)12-19/h4-6,9,12,15,17-18H,7-8,10-11,13-14H2,1-3H3/b5-4+/t17-,18+. The van der Waals surface area contributed by atoms with Crippen LogP contribution in [0.2, 0.25) is 0 Å². The van der Waals surface area contributed by atoms with Crippen LogP contribution in [0.15, 0.2) is 30.5 Å². The van der Waals surface area contributed by atoms with E-state index in [1.165, 1.54) is 18.5 Å². The lowest BCUT2D eigenvalue weighted by Gasteiger charge is -2.24. The summed E-state index contributed by atoms with van der Waals surface area (Å²) in [4.78, 5) is 21.2. The second kappa shape index (κ2) is 7.37. The van der Waals surface area contributed by atoms with Gasteiger partial charge in [-0.2, -0.15) is 0 Å². The van der Waals surface area contributed by atoms with Gasteiger partial charge in [0.05, 0.1) is 0 Å². The van der Waals surface area contributed by atoms with Gasteiger partial charge >= 0.3 is 0 Å². The lowest BCUT2D eigenvalue weighted by Crippen LogP contribution is -2.30. The van der Waals surface area contributed by atoms with Gasteiger partial charge in [-0.15, -0.1) is 0 Å². The smallest absolute Gasteiger partial charge is 0.246 e. The van der Waals surface area contributed by atoms with Crippen molar-refractivity contribution >= 4 is 11.6 Å². The molecule has 0 radical (unpaired) electrons. The number of hydrogen-bond donors (Lipinski definition) is 0. The van der Waals surface area contributed by atoms with E-state index < -0.39 is 0 Å². The quantitative estimate of drug-likeness (QED) is 0.800. The molecule has 24 heavy (non-hydrogen) atoms. The van der Waals surface area contributed by atoms with Gasteiger partial charge in [0, 0.05) is 43.8 Å². The predicted octanol–water partition coefficient (Wildman–Crippen LogP) is 3.28. The van der Waals surface area contributed by atoms with Crippen molar-refractivity contribution in [2.45, 2.75) is 33.6 Å². The van der Waals surface area contributed by atoms with Crippen molar-refractivity contribution in [1.82, 2.24) is 9.88 Å². The molecule has 2 aliphatic heterocycles. The van der Waals surface area contributed by atoms with E-state index in [1.54, 1.807) is 6.08 Å². The highest BCUT2D eigenvalue weighted by molar-refractivity contribution is 5.87. The Morgan fingerprint density at radius 3 is 2.50 bits per heavy atom. The number of aromatic nitrogens is 1. The number of nitrogens with zero attached hydrogens (tertiary/aromatic N) is 3. The molecule has 0 unspecified atom stereocenters. The number of pyridine rings is 1. The van der Waals surface area contributed by atoms with E-state index in [0.717, 1.165) is 31.9 Å². The maximum atomic E-state index is 12.3. The SMILES string of the molecule is Cc1cc(N2CC[C@@H]3CN(C(=O)/C=C/C(C)C)C[C@@H]3CC2)ccn1. The number of carbonyl (C=O) groups excluding carboxylic acids is 1. The van der Waals surface area contributed by atoms with Gasteiger partial charge in [0.1, 0.15) is 0 Å². The molecule has 0 aliphatic carbocycles. The summed E-state index contributed by atoms with van der Waals surface area (Å²) in [5.74, 6) is 1.92. The van der Waals surface area contributed by atoms with Crippen LogP contribution in [-0.4, -0.2) is 42.0 Å². The molecular formula is C20H29N3O. The minimum atomic E-state index is 0.193. The van der Waals surface area contributed by atoms with Gasteiger partial charge in [-0.3, -0.25) is 9.78 Å². The normalized spacial score (nSPS) is 24.5. The van der Waals surface area contributed by atoms with E-state index in [0.29, 0.717) is 17.8 Å². The Hall–Kier alpha value is -1.84. The number of amides is 1. The number of hydrogen-bond acceptors (Lipinski definition) is 3. The lowest BCUT2D eigenvalue weighted by molar-refractivity contribution is -0.125. The van der Waals surface area contributed by atoms with Crippen molar-refractivity contribution in [1.29, 1.82) is 0 Å². The molecule has 4 heteroatoms. The van der Waals surface area contributed by atoms with E-state index in [-0.39, 0.29) is 5.91 Å². The molecule has 2 aliphatic rings. The molecule has 2 atom stereocenters.